The second kappa shape index (κ2) is 4.94. The number of ether oxygens (including phenoxy) is 2. The first kappa shape index (κ1) is 10.2. The summed E-state index contributed by atoms with van der Waals surface area (Å²) in [6.45, 7) is 0. The second-order valence-electron chi connectivity index (χ2n) is 1.61. The highest BCUT2D eigenvalue weighted by Crippen LogP contribution is 1.73. The van der Waals surface area contributed by atoms with Gasteiger partial charge in [-0.1, -0.05) is 0 Å². The zero-order valence-corrected chi connectivity index (χ0v) is 6.63. The molecule has 0 aliphatic heterocycles. The maximum Gasteiger partial charge on any atom is 0.413 e. The Kier molecular flexibility index (Phi) is 4.20. The lowest BCUT2D eigenvalue weighted by atomic mass is 10.8. The Morgan fingerprint density at radius 1 is 1.08 bits per heavy atom. The normalized spacial score (nSPS) is 8.17. The predicted octanol–water partition coefficient (Wildman–Crippen LogP) is -0.367. The van der Waals surface area contributed by atoms with E-state index < -0.39 is 18.1 Å². The molecule has 7 nitrogen and oxygen atoms in total. The fourth-order valence-electron chi connectivity index (χ4n) is 0.337. The summed E-state index contributed by atoms with van der Waals surface area (Å²) in [5.74, 6) is -0.506. The molecule has 0 spiro atoms. The Morgan fingerprint density at radius 2 is 1.42 bits per heavy atom. The monoisotopic (exact) mass is 175 g/mol. The first-order valence-electron chi connectivity index (χ1n) is 2.88. The van der Waals surface area contributed by atoms with Crippen LogP contribution in [-0.2, 0) is 9.47 Å². The van der Waals surface area contributed by atoms with Gasteiger partial charge in [0.1, 0.15) is 0 Å². The summed E-state index contributed by atoms with van der Waals surface area (Å²) in [5, 5.41) is 10.7. The third kappa shape index (κ3) is 4.09. The van der Waals surface area contributed by atoms with Gasteiger partial charge in [-0.15, -0.1) is 0 Å². The topological polar surface area (TPSA) is 101 Å². The van der Waals surface area contributed by atoms with E-state index in [1.54, 1.807) is 0 Å². The second-order valence-corrected chi connectivity index (χ2v) is 1.61. The zero-order valence-electron chi connectivity index (χ0n) is 6.63. The van der Waals surface area contributed by atoms with Gasteiger partial charge in [0.15, 0.2) is 0 Å². The van der Waals surface area contributed by atoms with Crippen LogP contribution in [0.25, 0.3) is 0 Å². The minimum absolute atomic E-state index is 0.506. The van der Waals surface area contributed by atoms with Crippen LogP contribution in [0.2, 0.25) is 0 Å². The van der Waals surface area contributed by atoms with Gasteiger partial charge in [-0.3, -0.25) is 16.0 Å². The van der Waals surface area contributed by atoms with Gasteiger partial charge in [-0.25, -0.2) is 9.59 Å². The molecule has 0 saturated carbocycles. The molecule has 0 fully saturated rings. The van der Waals surface area contributed by atoms with Crippen molar-refractivity contribution in [3.8, 4) is 0 Å². The molecule has 3 N–H and O–H groups in total. The van der Waals surface area contributed by atoms with Crippen molar-refractivity contribution < 1.29 is 19.1 Å². The van der Waals surface area contributed by atoms with Gasteiger partial charge >= 0.3 is 12.2 Å². The maximum atomic E-state index is 10.4. The molecule has 0 bridgehead atoms. The van der Waals surface area contributed by atoms with Crippen LogP contribution >= 0.6 is 0 Å². The largest absolute Gasteiger partial charge is 0.453 e. The van der Waals surface area contributed by atoms with E-state index in [0.29, 0.717) is 0 Å². The standard InChI is InChI=1S/C5H9N3O4/c1-11-4(9)7-3(6)8-5(10)12-2/h1-2H3,(H3,6,7,8,9,10). The number of carbonyl (C=O) groups is 2. The van der Waals surface area contributed by atoms with Gasteiger partial charge in [0.25, 0.3) is 0 Å². The highest BCUT2D eigenvalue weighted by Gasteiger charge is 2.06. The molecule has 0 atom stereocenters. The van der Waals surface area contributed by atoms with Crippen LogP contribution in [0.5, 0.6) is 0 Å². The van der Waals surface area contributed by atoms with Gasteiger partial charge in [0, 0.05) is 0 Å². The maximum absolute atomic E-state index is 10.4. The summed E-state index contributed by atoms with van der Waals surface area (Å²) < 4.78 is 8.31. The van der Waals surface area contributed by atoms with Crippen molar-refractivity contribution in [1.29, 1.82) is 5.41 Å². The van der Waals surface area contributed by atoms with E-state index in [9.17, 15) is 9.59 Å². The Balaban J connectivity index is 3.74. The molecule has 0 aliphatic rings. The Bertz CT molecular complexity index is 183. The summed E-state index contributed by atoms with van der Waals surface area (Å²) in [4.78, 5) is 20.9. The molecule has 12 heavy (non-hydrogen) atoms. The van der Waals surface area contributed by atoms with Crippen LogP contribution in [0.1, 0.15) is 0 Å². The number of guanidine groups is 1. The van der Waals surface area contributed by atoms with Gasteiger partial charge < -0.3 is 9.47 Å². The van der Waals surface area contributed by atoms with E-state index in [4.69, 9.17) is 5.41 Å². The Hall–Kier alpha value is -1.79. The quantitative estimate of drug-likeness (QED) is 0.345. The molecule has 0 radical (unpaired) electrons. The summed E-state index contributed by atoms with van der Waals surface area (Å²) in [7, 11) is 2.28. The molecule has 0 unspecified atom stereocenters. The minimum Gasteiger partial charge on any atom is -0.453 e. The van der Waals surface area contributed by atoms with E-state index in [0.717, 1.165) is 14.2 Å². The van der Waals surface area contributed by atoms with Crippen molar-refractivity contribution in [2.45, 2.75) is 0 Å². The minimum atomic E-state index is -0.837. The van der Waals surface area contributed by atoms with Gasteiger partial charge in [-0.05, 0) is 0 Å². The predicted molar refractivity (Wildman–Crippen MR) is 38.8 cm³/mol. The van der Waals surface area contributed by atoms with Crippen LogP contribution in [0.15, 0.2) is 0 Å². The molecule has 0 heterocycles. The van der Waals surface area contributed by atoms with Gasteiger partial charge in [0.2, 0.25) is 5.96 Å². The number of rotatable bonds is 0. The molecule has 0 aromatic carbocycles. The molecule has 0 aromatic heterocycles. The highest BCUT2D eigenvalue weighted by atomic mass is 16.5. The average molecular weight is 175 g/mol. The van der Waals surface area contributed by atoms with Crippen molar-refractivity contribution in [3.05, 3.63) is 0 Å². The number of methoxy groups -OCH3 is 2. The fraction of sp³-hybridized carbons (Fsp3) is 0.400. The summed E-state index contributed by atoms with van der Waals surface area (Å²) in [6, 6.07) is 0. The average Bonchev–Trinajstić information content (AvgIpc) is 2.03. The van der Waals surface area contributed by atoms with Crippen molar-refractivity contribution in [3.63, 3.8) is 0 Å². The molecule has 0 aromatic rings. The lowest BCUT2D eigenvalue weighted by Gasteiger charge is -2.05. The number of hydrogen-bond donors (Lipinski definition) is 3. The summed E-state index contributed by atoms with van der Waals surface area (Å²) in [5.41, 5.74) is 0. The first-order valence-corrected chi connectivity index (χ1v) is 2.88. The molecule has 7 heteroatoms. The molecule has 0 rings (SSSR count). The smallest absolute Gasteiger partial charge is 0.413 e. The highest BCUT2D eigenvalue weighted by molar-refractivity contribution is 5.99. The van der Waals surface area contributed by atoms with Crippen molar-refractivity contribution in [2.75, 3.05) is 14.2 Å². The summed E-state index contributed by atoms with van der Waals surface area (Å²) in [6.07, 6.45) is -1.67. The number of alkyl carbamates (subject to hydrolysis) is 2. The van der Waals surface area contributed by atoms with E-state index in [2.05, 4.69) is 9.47 Å². The third-order valence-electron chi connectivity index (χ3n) is 0.825. The van der Waals surface area contributed by atoms with Crippen LogP contribution in [0, 0.1) is 5.41 Å². The van der Waals surface area contributed by atoms with Crippen molar-refractivity contribution in [2.24, 2.45) is 0 Å². The van der Waals surface area contributed by atoms with E-state index in [-0.39, 0.29) is 0 Å². The number of hydrogen-bond acceptors (Lipinski definition) is 5. The Labute approximate surface area is 68.5 Å². The van der Waals surface area contributed by atoms with Crippen molar-refractivity contribution in [1.82, 2.24) is 10.6 Å². The molecule has 0 aliphatic carbocycles. The molecular formula is C5H9N3O4. The molecular weight excluding hydrogens is 166 g/mol. The van der Waals surface area contributed by atoms with Crippen LogP contribution in [-0.4, -0.2) is 32.4 Å². The fourth-order valence-corrected chi connectivity index (χ4v) is 0.337. The van der Waals surface area contributed by atoms with Crippen LogP contribution < -0.4 is 10.6 Å². The summed E-state index contributed by atoms with van der Waals surface area (Å²) >= 11 is 0. The lowest BCUT2D eigenvalue weighted by Crippen LogP contribution is -2.42. The third-order valence-corrected chi connectivity index (χ3v) is 0.825. The molecule has 0 saturated heterocycles. The van der Waals surface area contributed by atoms with Gasteiger partial charge in [-0.2, -0.15) is 0 Å². The zero-order chi connectivity index (χ0) is 9.56. The number of amides is 2. The Morgan fingerprint density at radius 3 is 1.67 bits per heavy atom. The van der Waals surface area contributed by atoms with E-state index in [1.165, 1.54) is 0 Å². The van der Waals surface area contributed by atoms with Crippen LogP contribution in [0.3, 0.4) is 0 Å². The number of carbonyl (C=O) groups excluding carboxylic acids is 2. The van der Waals surface area contributed by atoms with Crippen LogP contribution in [0.4, 0.5) is 9.59 Å². The molecule has 2 amide bonds. The van der Waals surface area contributed by atoms with Crippen molar-refractivity contribution >= 4 is 18.1 Å². The molecule has 68 valence electrons. The van der Waals surface area contributed by atoms with E-state index in [1.807, 2.05) is 10.6 Å². The first-order chi connectivity index (χ1) is 5.60. The van der Waals surface area contributed by atoms with E-state index >= 15 is 0 Å². The van der Waals surface area contributed by atoms with Gasteiger partial charge in [0.05, 0.1) is 14.2 Å². The number of nitrogens with one attached hydrogen (secondary N) is 3. The lowest BCUT2D eigenvalue weighted by molar-refractivity contribution is 0.173. The SMILES string of the molecule is COC(=O)NC(=N)NC(=O)OC.